The molecule has 194 valence electrons. The molecular weight excluding hydrogens is 528 g/mol. The zero-order valence-electron chi connectivity index (χ0n) is 20.3. The van der Waals surface area contributed by atoms with Crippen LogP contribution in [0.3, 0.4) is 0 Å². The minimum Gasteiger partial charge on any atom is -0.497 e. The van der Waals surface area contributed by atoms with Crippen molar-refractivity contribution in [3.8, 4) is 22.6 Å². The van der Waals surface area contributed by atoms with E-state index in [0.29, 0.717) is 33.8 Å². The van der Waals surface area contributed by atoms with Gasteiger partial charge in [-0.15, -0.1) is 0 Å². The first-order valence-electron chi connectivity index (χ1n) is 11.3. The fraction of sp³-hybridized carbons (Fsp3) is 0.0741. The summed E-state index contributed by atoms with van der Waals surface area (Å²) < 4.78 is 66.7. The minimum absolute atomic E-state index is 0.0138. The highest BCUT2D eigenvalue weighted by atomic mass is 32.2. The third kappa shape index (κ3) is 4.69. The van der Waals surface area contributed by atoms with E-state index in [0.717, 1.165) is 0 Å². The predicted molar refractivity (Wildman–Crippen MR) is 143 cm³/mol. The number of ether oxygens (including phenoxy) is 2. The van der Waals surface area contributed by atoms with Crippen LogP contribution in [0.4, 0.5) is 11.4 Å². The van der Waals surface area contributed by atoms with Crippen LogP contribution in [0.25, 0.3) is 11.1 Å². The maximum absolute atomic E-state index is 13.2. The van der Waals surface area contributed by atoms with Crippen molar-refractivity contribution >= 4 is 37.2 Å². The Bertz CT molecular complexity index is 1670. The van der Waals surface area contributed by atoms with Gasteiger partial charge in [0, 0.05) is 34.6 Å². The highest BCUT2D eigenvalue weighted by Gasteiger charge is 2.28. The molecule has 0 bridgehead atoms. The Hall–Kier alpha value is -4.35. The zero-order chi connectivity index (χ0) is 27.1. The van der Waals surface area contributed by atoms with Crippen LogP contribution in [0.1, 0.15) is 15.9 Å². The molecule has 0 saturated carbocycles. The van der Waals surface area contributed by atoms with Crippen molar-refractivity contribution < 1.29 is 31.1 Å². The number of nitrogens with one attached hydrogen (secondary N) is 2. The Morgan fingerprint density at radius 3 is 1.37 bits per heavy atom. The fourth-order valence-corrected chi connectivity index (χ4v) is 6.34. The summed E-state index contributed by atoms with van der Waals surface area (Å²) in [7, 11) is -4.98. The van der Waals surface area contributed by atoms with E-state index in [1.807, 2.05) is 0 Å². The summed E-state index contributed by atoms with van der Waals surface area (Å²) in [5, 5.41) is 0. The van der Waals surface area contributed by atoms with Gasteiger partial charge in [-0.2, -0.15) is 0 Å². The maximum Gasteiger partial charge on any atom is 0.262 e. The Morgan fingerprint density at radius 2 is 0.974 bits per heavy atom. The van der Waals surface area contributed by atoms with Crippen LogP contribution in [0.2, 0.25) is 0 Å². The molecule has 0 radical (unpaired) electrons. The second kappa shape index (κ2) is 9.51. The maximum atomic E-state index is 13.2. The van der Waals surface area contributed by atoms with Gasteiger partial charge in [0.1, 0.15) is 11.5 Å². The third-order valence-corrected chi connectivity index (χ3v) is 8.78. The second-order valence-electron chi connectivity index (χ2n) is 8.42. The van der Waals surface area contributed by atoms with Crippen molar-refractivity contribution in [1.29, 1.82) is 0 Å². The highest BCUT2D eigenvalue weighted by molar-refractivity contribution is 7.93. The molecular formula is C27H22N2O7S2. The molecule has 0 amide bonds. The van der Waals surface area contributed by atoms with Gasteiger partial charge in [-0.3, -0.25) is 14.2 Å². The second-order valence-corrected chi connectivity index (χ2v) is 11.8. The topological polar surface area (TPSA) is 128 Å². The lowest BCUT2D eigenvalue weighted by molar-refractivity contribution is 0.104. The lowest BCUT2D eigenvalue weighted by atomic mass is 10.1. The normalized spacial score (nSPS) is 12.4. The molecule has 2 N–H and O–H groups in total. The van der Waals surface area contributed by atoms with Gasteiger partial charge in [-0.25, -0.2) is 16.8 Å². The van der Waals surface area contributed by atoms with Crippen molar-refractivity contribution in [3.05, 3.63) is 96.1 Å². The Balaban J connectivity index is 1.41. The van der Waals surface area contributed by atoms with Crippen molar-refractivity contribution in [1.82, 2.24) is 0 Å². The molecule has 38 heavy (non-hydrogen) atoms. The number of carbonyl (C=O) groups excluding carboxylic acids is 1. The van der Waals surface area contributed by atoms with Gasteiger partial charge in [0.2, 0.25) is 0 Å². The van der Waals surface area contributed by atoms with Gasteiger partial charge in [0.05, 0.1) is 24.0 Å². The van der Waals surface area contributed by atoms with Crippen LogP contribution in [-0.2, 0) is 20.0 Å². The number of rotatable bonds is 8. The summed E-state index contributed by atoms with van der Waals surface area (Å²) >= 11 is 0. The molecule has 11 heteroatoms. The highest BCUT2D eigenvalue weighted by Crippen LogP contribution is 2.39. The summed E-state index contributed by atoms with van der Waals surface area (Å²) in [4.78, 5) is 13.3. The van der Waals surface area contributed by atoms with Gasteiger partial charge < -0.3 is 9.47 Å². The average molecular weight is 551 g/mol. The van der Waals surface area contributed by atoms with Crippen molar-refractivity contribution in [2.45, 2.75) is 9.79 Å². The van der Waals surface area contributed by atoms with E-state index in [1.54, 1.807) is 48.5 Å². The number of methoxy groups -OCH3 is 2. The van der Waals surface area contributed by atoms with E-state index >= 15 is 0 Å². The Morgan fingerprint density at radius 1 is 0.553 bits per heavy atom. The van der Waals surface area contributed by atoms with E-state index < -0.39 is 20.0 Å². The van der Waals surface area contributed by atoms with Gasteiger partial charge in [0.15, 0.2) is 5.78 Å². The summed E-state index contributed by atoms with van der Waals surface area (Å²) in [6.07, 6.45) is 0. The number of carbonyl (C=O) groups is 1. The molecule has 0 aromatic heterocycles. The molecule has 0 saturated heterocycles. The van der Waals surface area contributed by atoms with Gasteiger partial charge in [-0.05, 0) is 59.7 Å². The van der Waals surface area contributed by atoms with Crippen molar-refractivity contribution in [2.75, 3.05) is 23.7 Å². The number of benzene rings is 4. The van der Waals surface area contributed by atoms with Crippen molar-refractivity contribution in [3.63, 3.8) is 0 Å². The molecule has 9 nitrogen and oxygen atoms in total. The largest absolute Gasteiger partial charge is 0.497 e. The summed E-state index contributed by atoms with van der Waals surface area (Å²) in [6, 6.07) is 21.4. The fourth-order valence-electron chi connectivity index (χ4n) is 4.17. The van der Waals surface area contributed by atoms with Gasteiger partial charge in [0.25, 0.3) is 20.0 Å². The first-order chi connectivity index (χ1) is 18.1. The molecule has 0 spiro atoms. The molecule has 4 aromatic rings. The summed E-state index contributed by atoms with van der Waals surface area (Å²) in [5.41, 5.74) is 2.28. The number of hydrogen-bond donors (Lipinski definition) is 2. The molecule has 4 aromatic carbocycles. The van der Waals surface area contributed by atoms with E-state index in [4.69, 9.17) is 9.47 Å². The number of anilines is 2. The molecule has 0 fully saturated rings. The van der Waals surface area contributed by atoms with Crippen LogP contribution in [0, 0.1) is 0 Å². The van der Waals surface area contributed by atoms with Crippen LogP contribution in [-0.4, -0.2) is 36.8 Å². The number of hydrogen-bond acceptors (Lipinski definition) is 7. The van der Waals surface area contributed by atoms with Crippen LogP contribution in [0.5, 0.6) is 11.5 Å². The van der Waals surface area contributed by atoms with Crippen LogP contribution in [0.15, 0.2) is 94.7 Å². The van der Waals surface area contributed by atoms with Crippen LogP contribution < -0.4 is 18.9 Å². The number of fused-ring (bicyclic) bond motifs is 3. The summed E-state index contributed by atoms with van der Waals surface area (Å²) in [5.74, 6) is 0.440. The van der Waals surface area contributed by atoms with E-state index in [2.05, 4.69) is 9.44 Å². The predicted octanol–water partition coefficient (Wildman–Crippen LogP) is 4.52. The van der Waals surface area contributed by atoms with E-state index in [-0.39, 0.29) is 26.9 Å². The lowest BCUT2D eigenvalue weighted by Crippen LogP contribution is -2.13. The van der Waals surface area contributed by atoms with Gasteiger partial charge in [-0.1, -0.05) is 24.3 Å². The van der Waals surface area contributed by atoms with Gasteiger partial charge >= 0.3 is 0 Å². The number of ketones is 1. The molecule has 0 aliphatic heterocycles. The monoisotopic (exact) mass is 550 g/mol. The quantitative estimate of drug-likeness (QED) is 0.291. The summed E-state index contributed by atoms with van der Waals surface area (Å²) in [6.45, 7) is 0. The molecule has 0 heterocycles. The molecule has 0 unspecified atom stereocenters. The molecule has 1 aliphatic carbocycles. The first-order valence-corrected chi connectivity index (χ1v) is 14.2. The van der Waals surface area contributed by atoms with E-state index in [9.17, 15) is 21.6 Å². The zero-order valence-corrected chi connectivity index (χ0v) is 21.9. The third-order valence-electron chi connectivity index (χ3n) is 6.03. The lowest BCUT2D eigenvalue weighted by Gasteiger charge is -2.11. The molecule has 1 aliphatic rings. The molecule has 5 rings (SSSR count). The average Bonchev–Trinajstić information content (AvgIpc) is 3.19. The Kier molecular flexibility index (Phi) is 6.33. The standard InChI is InChI=1S/C27H22N2O7S2/c1-35-19-5-3-7-21(15-19)37(31,32)28-17-9-11-23-24-12-10-18(14-26(24)27(30)25(23)13-17)29-38(33,34)22-8-4-6-20(16-22)36-2/h3-16,28-29H,1-2H3. The Labute approximate surface area is 220 Å². The smallest absolute Gasteiger partial charge is 0.262 e. The number of sulfonamides is 2. The minimum atomic E-state index is -3.93. The first kappa shape index (κ1) is 25.3. The molecule has 0 atom stereocenters. The van der Waals surface area contributed by atoms with Crippen molar-refractivity contribution in [2.24, 2.45) is 0 Å². The van der Waals surface area contributed by atoms with Crippen LogP contribution >= 0.6 is 0 Å². The SMILES string of the molecule is COc1cccc(S(=O)(=O)Nc2ccc3c(c2)C(=O)c2cc(NS(=O)(=O)c4cccc(OC)c4)ccc2-3)c1. The van der Waals surface area contributed by atoms with E-state index in [1.165, 1.54) is 50.6 Å².